The van der Waals surface area contributed by atoms with Crippen molar-refractivity contribution in [3.8, 4) is 11.1 Å². The molecule has 0 saturated carbocycles. The molecule has 5 aliphatic rings. The van der Waals surface area contributed by atoms with Crippen molar-refractivity contribution < 1.29 is 0 Å². The fraction of sp³-hybridized carbons (Fsp3) is 0.360. The Bertz CT molecular complexity index is 3760. The monoisotopic (exact) mass is 1040 g/mol. The summed E-state index contributed by atoms with van der Waals surface area (Å²) in [4.78, 5) is 7.85. The molecule has 3 aliphatic carbocycles. The van der Waals surface area contributed by atoms with Crippen LogP contribution in [0.3, 0.4) is 0 Å². The molecule has 2 heterocycles. The predicted octanol–water partition coefficient (Wildman–Crippen LogP) is 18.8. The lowest BCUT2D eigenvalue weighted by Gasteiger charge is -2.48. The Hall–Kier alpha value is -6.78. The van der Waals surface area contributed by atoms with E-state index in [-0.39, 0.29) is 44.6 Å². The highest BCUT2D eigenvalue weighted by Crippen LogP contribution is 2.56. The molecule has 3 nitrogen and oxygen atoms in total. The second-order valence-electron chi connectivity index (χ2n) is 29.6. The van der Waals surface area contributed by atoms with Crippen LogP contribution in [0, 0.1) is 0 Å². The summed E-state index contributed by atoms with van der Waals surface area (Å²) in [5, 5.41) is 0. The quantitative estimate of drug-likeness (QED) is 0.159. The highest BCUT2D eigenvalue weighted by molar-refractivity contribution is 7.00. The SMILES string of the molecule is CC(C)(C)c1cc2c3c(c1)N(c1ccc4c(c1)C(C)(C)CCC4(C)C)c1cc4c(cc1B3c1ccc(N(c3ccccc3)c3ccccc3)cc1N2c1ccc2c(c1)-c1ccc(C(C)(C)C)cc1C2(C)C)C(C)(C)CCC4(C)C. The van der Waals surface area contributed by atoms with Crippen LogP contribution in [0.5, 0.6) is 0 Å². The largest absolute Gasteiger partial charge is 0.311 e. The van der Waals surface area contributed by atoms with Gasteiger partial charge in [0.2, 0.25) is 0 Å². The van der Waals surface area contributed by atoms with Crippen molar-refractivity contribution in [1.82, 2.24) is 0 Å². The van der Waals surface area contributed by atoms with E-state index in [0.717, 1.165) is 29.9 Å². The Morgan fingerprint density at radius 2 is 0.861 bits per heavy atom. The Balaban J connectivity index is 1.14. The van der Waals surface area contributed by atoms with Gasteiger partial charge in [-0.2, -0.15) is 0 Å². The molecule has 0 atom stereocenters. The van der Waals surface area contributed by atoms with E-state index in [1.165, 1.54) is 119 Å². The number of hydrogen-bond acceptors (Lipinski definition) is 3. The Morgan fingerprint density at radius 1 is 0.367 bits per heavy atom. The Labute approximate surface area is 474 Å². The van der Waals surface area contributed by atoms with Crippen molar-refractivity contribution >= 4 is 74.3 Å². The van der Waals surface area contributed by atoms with Gasteiger partial charge in [0.05, 0.1) is 0 Å². The normalized spacial score (nSPS) is 18.4. The number of fused-ring (bicyclic) bond motifs is 9. The summed E-state index contributed by atoms with van der Waals surface area (Å²) in [7, 11) is 0. The van der Waals surface area contributed by atoms with E-state index in [4.69, 9.17) is 0 Å². The summed E-state index contributed by atoms with van der Waals surface area (Å²) in [6.07, 6.45) is 4.67. The van der Waals surface area contributed by atoms with E-state index in [2.05, 4.69) is 283 Å². The molecule has 0 saturated heterocycles. The van der Waals surface area contributed by atoms with Crippen molar-refractivity contribution in [1.29, 1.82) is 0 Å². The van der Waals surface area contributed by atoms with Gasteiger partial charge in [0.1, 0.15) is 0 Å². The van der Waals surface area contributed by atoms with E-state index < -0.39 is 0 Å². The third-order valence-corrected chi connectivity index (χ3v) is 20.1. The van der Waals surface area contributed by atoms with E-state index >= 15 is 0 Å². The summed E-state index contributed by atoms with van der Waals surface area (Å²) in [5.41, 5.74) is 29.1. The average Bonchev–Trinajstić information content (AvgIpc) is 2.98. The first-order valence-electron chi connectivity index (χ1n) is 29.6. The topological polar surface area (TPSA) is 9.72 Å². The molecule has 0 unspecified atom stereocenters. The zero-order chi connectivity index (χ0) is 55.7. The fourth-order valence-corrected chi connectivity index (χ4v) is 14.8. The van der Waals surface area contributed by atoms with Crippen LogP contribution in [-0.4, -0.2) is 6.71 Å². The second-order valence-corrected chi connectivity index (χ2v) is 29.6. The van der Waals surface area contributed by atoms with Gasteiger partial charge in [0.15, 0.2) is 0 Å². The molecule has 0 fully saturated rings. The second kappa shape index (κ2) is 17.1. The number of hydrogen-bond donors (Lipinski definition) is 0. The minimum atomic E-state index is -0.159. The molecule has 0 amide bonds. The third-order valence-electron chi connectivity index (χ3n) is 20.1. The first-order chi connectivity index (χ1) is 37.2. The number of nitrogens with zero attached hydrogens (tertiary/aromatic N) is 3. The molecule has 2 aliphatic heterocycles. The first kappa shape index (κ1) is 51.6. The molecule has 0 N–H and O–H groups in total. The molecule has 0 bridgehead atoms. The number of para-hydroxylation sites is 2. The van der Waals surface area contributed by atoms with Gasteiger partial charge >= 0.3 is 0 Å². The molecule has 13 rings (SSSR count). The Morgan fingerprint density at radius 3 is 1.42 bits per heavy atom. The fourth-order valence-electron chi connectivity index (χ4n) is 14.8. The summed E-state index contributed by atoms with van der Waals surface area (Å²) >= 11 is 0. The van der Waals surface area contributed by atoms with Gasteiger partial charge in [-0.05, 0) is 209 Å². The lowest BCUT2D eigenvalue weighted by Crippen LogP contribution is -2.62. The highest BCUT2D eigenvalue weighted by atomic mass is 15.2. The molecule has 0 radical (unpaired) electrons. The molecular formula is C75H82BN3. The highest BCUT2D eigenvalue weighted by Gasteiger charge is 2.48. The number of benzene rings is 8. The van der Waals surface area contributed by atoms with Crippen LogP contribution in [0.1, 0.15) is 181 Å². The third kappa shape index (κ3) is 7.95. The van der Waals surface area contributed by atoms with Gasteiger partial charge in [0.25, 0.3) is 6.71 Å². The average molecular weight is 1040 g/mol. The van der Waals surface area contributed by atoms with Crippen LogP contribution in [0.2, 0.25) is 0 Å². The molecule has 4 heteroatoms. The van der Waals surface area contributed by atoms with E-state index in [1.807, 2.05) is 0 Å². The maximum Gasteiger partial charge on any atom is 0.252 e. The van der Waals surface area contributed by atoms with Crippen LogP contribution in [-0.2, 0) is 37.9 Å². The van der Waals surface area contributed by atoms with Gasteiger partial charge in [-0.25, -0.2) is 0 Å². The molecule has 8 aromatic carbocycles. The minimum absolute atomic E-state index is 0.0206. The van der Waals surface area contributed by atoms with E-state index in [1.54, 1.807) is 0 Å². The lowest BCUT2D eigenvalue weighted by molar-refractivity contribution is 0.332. The van der Waals surface area contributed by atoms with Gasteiger partial charge in [-0.3, -0.25) is 0 Å². The maximum absolute atomic E-state index is 2.73. The van der Waals surface area contributed by atoms with Crippen LogP contribution in [0.15, 0.2) is 158 Å². The van der Waals surface area contributed by atoms with Gasteiger partial charge in [-0.15, -0.1) is 0 Å². The zero-order valence-corrected chi connectivity index (χ0v) is 50.3. The van der Waals surface area contributed by atoms with Crippen molar-refractivity contribution in [3.05, 3.63) is 202 Å². The molecule has 8 aromatic rings. The standard InChI is InChI=1S/C75H82BN3/c1-69(2,3)47-27-31-54-55-42-51(28-32-56(55)75(15,16)58(54)39-47)78-64-44-53(77(49-23-19-17-20-24-49)50-25-21-18-22-26-50)30-34-62(64)76-63-45-60-61(74(13,14)38-37-73(60,11)12)46-65(63)79(67-41-48(70(4,5)6)40-66(78)68(67)76)52-29-33-57-59(43-52)72(9,10)36-35-71(57,7)8/h17-34,39-46H,35-38H2,1-16H3. The van der Waals surface area contributed by atoms with Gasteiger partial charge in [-0.1, -0.05) is 190 Å². The molecule has 79 heavy (non-hydrogen) atoms. The molecular weight excluding hydrogens is 954 g/mol. The van der Waals surface area contributed by atoms with Gasteiger partial charge in [0, 0.05) is 56.6 Å². The van der Waals surface area contributed by atoms with Gasteiger partial charge < -0.3 is 14.7 Å². The van der Waals surface area contributed by atoms with Crippen LogP contribution in [0.25, 0.3) is 11.1 Å². The number of rotatable bonds is 5. The van der Waals surface area contributed by atoms with Crippen molar-refractivity contribution in [3.63, 3.8) is 0 Å². The zero-order valence-electron chi connectivity index (χ0n) is 50.3. The Kier molecular flexibility index (Phi) is 11.2. The number of anilines is 9. The maximum atomic E-state index is 2.73. The van der Waals surface area contributed by atoms with Crippen LogP contribution in [0.4, 0.5) is 51.2 Å². The lowest BCUT2D eigenvalue weighted by atomic mass is 9.33. The summed E-state index contributed by atoms with van der Waals surface area (Å²) in [5.74, 6) is 0. The van der Waals surface area contributed by atoms with Crippen molar-refractivity contribution in [2.45, 2.75) is 174 Å². The van der Waals surface area contributed by atoms with Crippen molar-refractivity contribution in [2.24, 2.45) is 0 Å². The minimum Gasteiger partial charge on any atom is -0.311 e. The molecule has 0 spiro atoms. The van der Waals surface area contributed by atoms with Crippen molar-refractivity contribution in [2.75, 3.05) is 14.7 Å². The summed E-state index contributed by atoms with van der Waals surface area (Å²) in [6, 6.07) is 62.2. The summed E-state index contributed by atoms with van der Waals surface area (Å²) < 4.78 is 0. The van der Waals surface area contributed by atoms with Crippen LogP contribution < -0.4 is 31.1 Å². The predicted molar refractivity (Wildman–Crippen MR) is 341 cm³/mol. The molecule has 0 aromatic heterocycles. The summed E-state index contributed by atoms with van der Waals surface area (Å²) in [6.45, 7) is 38.9. The van der Waals surface area contributed by atoms with E-state index in [9.17, 15) is 0 Å². The van der Waals surface area contributed by atoms with Crippen LogP contribution >= 0.6 is 0 Å². The first-order valence-corrected chi connectivity index (χ1v) is 29.6. The molecule has 400 valence electrons. The van der Waals surface area contributed by atoms with E-state index in [0.29, 0.717) is 0 Å². The smallest absolute Gasteiger partial charge is 0.252 e.